The number of nitrogens with one attached hydrogen (secondary N) is 1. The van der Waals surface area contributed by atoms with Gasteiger partial charge in [-0.2, -0.15) is 0 Å². The number of carboxylic acid groups (broad SMARTS) is 1. The predicted molar refractivity (Wildman–Crippen MR) is 87.9 cm³/mol. The first-order chi connectivity index (χ1) is 10.5. The van der Waals surface area contributed by atoms with Crippen LogP contribution in [0.25, 0.3) is 10.9 Å². The zero-order valence-corrected chi connectivity index (χ0v) is 13.5. The Morgan fingerprint density at radius 2 is 1.91 bits per heavy atom. The number of hydrogen-bond donors (Lipinski definition) is 2. The van der Waals surface area contributed by atoms with Crippen molar-refractivity contribution in [2.45, 2.75) is 33.2 Å². The molecule has 22 heavy (non-hydrogen) atoms. The number of piperidine rings is 1. The van der Waals surface area contributed by atoms with Crippen LogP contribution in [0.2, 0.25) is 0 Å². The second-order valence-electron chi connectivity index (χ2n) is 6.85. The van der Waals surface area contributed by atoms with Gasteiger partial charge in [-0.25, -0.2) is 0 Å². The molecule has 0 saturated carbocycles. The van der Waals surface area contributed by atoms with Crippen molar-refractivity contribution in [1.29, 1.82) is 0 Å². The summed E-state index contributed by atoms with van der Waals surface area (Å²) < 4.78 is 0. The molecule has 2 N–H and O–H groups in total. The van der Waals surface area contributed by atoms with Gasteiger partial charge in [0.15, 0.2) is 0 Å². The molecule has 1 aliphatic rings. The second-order valence-corrected chi connectivity index (χ2v) is 6.85. The third-order valence-electron chi connectivity index (χ3n) is 4.71. The van der Waals surface area contributed by atoms with Crippen molar-refractivity contribution in [2.75, 3.05) is 13.1 Å². The van der Waals surface area contributed by atoms with Crippen molar-refractivity contribution in [3.63, 3.8) is 0 Å². The highest BCUT2D eigenvalue weighted by Crippen LogP contribution is 2.35. The van der Waals surface area contributed by atoms with Gasteiger partial charge in [0.25, 0.3) is 0 Å². The standard InChI is InChI=1S/C18H24N2O2/c1-11-8-12(2)10-20(9-11)17(18(21)22)16-13(3)19-15-7-5-4-6-14(15)16/h4-7,11-12,17,19H,8-10H2,1-3H3,(H,21,22)/t11-,12+,17-/m1/s1. The molecule has 4 heteroatoms. The van der Waals surface area contributed by atoms with Crippen molar-refractivity contribution in [2.24, 2.45) is 11.8 Å². The highest BCUT2D eigenvalue weighted by atomic mass is 16.4. The van der Waals surface area contributed by atoms with Crippen LogP contribution in [-0.2, 0) is 4.79 Å². The van der Waals surface area contributed by atoms with E-state index in [-0.39, 0.29) is 0 Å². The normalized spacial score (nSPS) is 24.5. The molecule has 3 rings (SSSR count). The van der Waals surface area contributed by atoms with Crippen LogP contribution in [-0.4, -0.2) is 34.0 Å². The van der Waals surface area contributed by atoms with Gasteiger partial charge < -0.3 is 10.1 Å². The summed E-state index contributed by atoms with van der Waals surface area (Å²) in [4.78, 5) is 17.5. The molecule has 1 aliphatic heterocycles. The molecule has 0 radical (unpaired) electrons. The number of aryl methyl sites for hydroxylation is 1. The number of aromatic amines is 1. The van der Waals surface area contributed by atoms with E-state index in [9.17, 15) is 9.90 Å². The summed E-state index contributed by atoms with van der Waals surface area (Å²) in [5.41, 5.74) is 2.89. The van der Waals surface area contributed by atoms with E-state index in [0.29, 0.717) is 11.8 Å². The molecule has 0 aliphatic carbocycles. The van der Waals surface area contributed by atoms with Crippen LogP contribution in [0.15, 0.2) is 24.3 Å². The summed E-state index contributed by atoms with van der Waals surface area (Å²) in [5, 5.41) is 10.9. The van der Waals surface area contributed by atoms with E-state index in [1.54, 1.807) is 0 Å². The molecule has 2 aromatic rings. The number of likely N-dealkylation sites (tertiary alicyclic amines) is 1. The lowest BCUT2D eigenvalue weighted by Gasteiger charge is -2.38. The highest BCUT2D eigenvalue weighted by Gasteiger charge is 2.35. The number of aromatic nitrogens is 1. The number of carbonyl (C=O) groups is 1. The fraction of sp³-hybridized carbons (Fsp3) is 0.500. The van der Waals surface area contributed by atoms with Crippen molar-refractivity contribution in [3.05, 3.63) is 35.5 Å². The van der Waals surface area contributed by atoms with Gasteiger partial charge in [-0.3, -0.25) is 9.69 Å². The quantitative estimate of drug-likeness (QED) is 0.911. The van der Waals surface area contributed by atoms with E-state index in [1.165, 1.54) is 6.42 Å². The zero-order valence-electron chi connectivity index (χ0n) is 13.5. The lowest BCUT2D eigenvalue weighted by Crippen LogP contribution is -2.43. The Hall–Kier alpha value is -1.81. The Bertz CT molecular complexity index is 681. The maximum atomic E-state index is 12.1. The van der Waals surface area contributed by atoms with E-state index in [4.69, 9.17) is 0 Å². The predicted octanol–water partition coefficient (Wildman–Crippen LogP) is 3.58. The van der Waals surface area contributed by atoms with Gasteiger partial charge in [-0.1, -0.05) is 32.0 Å². The maximum absolute atomic E-state index is 12.1. The first-order valence-corrected chi connectivity index (χ1v) is 8.01. The van der Waals surface area contributed by atoms with E-state index in [1.807, 2.05) is 31.2 Å². The molecule has 0 bridgehead atoms. The van der Waals surface area contributed by atoms with Crippen LogP contribution in [0.3, 0.4) is 0 Å². The van der Waals surface area contributed by atoms with Crippen LogP contribution in [0, 0.1) is 18.8 Å². The van der Waals surface area contributed by atoms with Crippen LogP contribution >= 0.6 is 0 Å². The summed E-state index contributed by atoms with van der Waals surface area (Å²) in [6.45, 7) is 8.09. The molecule has 1 aromatic heterocycles. The number of H-pyrrole nitrogens is 1. The number of fused-ring (bicyclic) bond motifs is 1. The van der Waals surface area contributed by atoms with Gasteiger partial charge in [0.05, 0.1) is 0 Å². The van der Waals surface area contributed by atoms with E-state index in [0.717, 1.165) is 35.2 Å². The van der Waals surface area contributed by atoms with Gasteiger partial charge in [-0.05, 0) is 31.2 Å². The number of carboxylic acids is 1. The summed E-state index contributed by atoms with van der Waals surface area (Å²) in [6.07, 6.45) is 1.18. The van der Waals surface area contributed by atoms with Gasteiger partial charge in [-0.15, -0.1) is 0 Å². The highest BCUT2D eigenvalue weighted by molar-refractivity contribution is 5.90. The molecule has 118 valence electrons. The average molecular weight is 300 g/mol. The molecule has 0 amide bonds. The molecule has 1 aromatic carbocycles. The summed E-state index contributed by atoms with van der Waals surface area (Å²) in [5.74, 6) is 0.321. The number of para-hydroxylation sites is 1. The number of rotatable bonds is 3. The molecule has 3 atom stereocenters. The Morgan fingerprint density at radius 3 is 2.55 bits per heavy atom. The van der Waals surface area contributed by atoms with Gasteiger partial charge in [0, 0.05) is 35.2 Å². The maximum Gasteiger partial charge on any atom is 0.325 e. The monoisotopic (exact) mass is 300 g/mol. The van der Waals surface area contributed by atoms with Crippen molar-refractivity contribution >= 4 is 16.9 Å². The summed E-state index contributed by atoms with van der Waals surface area (Å²) >= 11 is 0. The summed E-state index contributed by atoms with van der Waals surface area (Å²) in [6, 6.07) is 7.40. The fourth-order valence-electron chi connectivity index (χ4n) is 4.03. The van der Waals surface area contributed by atoms with E-state index < -0.39 is 12.0 Å². The Balaban J connectivity index is 2.07. The lowest BCUT2D eigenvalue weighted by atomic mass is 9.89. The fourth-order valence-corrected chi connectivity index (χ4v) is 4.03. The summed E-state index contributed by atoms with van der Waals surface area (Å²) in [7, 11) is 0. The Morgan fingerprint density at radius 1 is 1.27 bits per heavy atom. The van der Waals surface area contributed by atoms with Crippen LogP contribution in [0.5, 0.6) is 0 Å². The van der Waals surface area contributed by atoms with Crippen LogP contribution < -0.4 is 0 Å². The van der Waals surface area contributed by atoms with Gasteiger partial charge in [0.1, 0.15) is 6.04 Å². The molecule has 0 unspecified atom stereocenters. The first-order valence-electron chi connectivity index (χ1n) is 8.01. The number of hydrogen-bond acceptors (Lipinski definition) is 2. The topological polar surface area (TPSA) is 56.3 Å². The van der Waals surface area contributed by atoms with Crippen molar-refractivity contribution < 1.29 is 9.90 Å². The molecule has 2 heterocycles. The van der Waals surface area contributed by atoms with E-state index >= 15 is 0 Å². The lowest BCUT2D eigenvalue weighted by molar-refractivity contribution is -0.144. The third-order valence-corrected chi connectivity index (χ3v) is 4.71. The van der Waals surface area contributed by atoms with E-state index in [2.05, 4.69) is 23.7 Å². The Labute approximate surface area is 131 Å². The minimum atomic E-state index is -0.755. The molecular formula is C18H24N2O2. The van der Waals surface area contributed by atoms with Gasteiger partial charge in [0.2, 0.25) is 0 Å². The number of aliphatic carboxylic acids is 1. The molecular weight excluding hydrogens is 276 g/mol. The molecule has 1 fully saturated rings. The molecule has 0 spiro atoms. The molecule has 4 nitrogen and oxygen atoms in total. The SMILES string of the molecule is Cc1[nH]c2ccccc2c1[C@H](C(=O)O)N1C[C@H](C)C[C@H](C)C1. The largest absolute Gasteiger partial charge is 0.480 e. The minimum absolute atomic E-state index is 0.538. The first kappa shape index (κ1) is 15.1. The van der Waals surface area contributed by atoms with Crippen LogP contribution in [0.1, 0.15) is 37.6 Å². The van der Waals surface area contributed by atoms with Gasteiger partial charge >= 0.3 is 5.97 Å². The zero-order chi connectivity index (χ0) is 15.9. The third kappa shape index (κ3) is 2.63. The number of nitrogens with zero attached hydrogens (tertiary/aromatic N) is 1. The Kier molecular flexibility index (Phi) is 3.96. The average Bonchev–Trinajstić information content (AvgIpc) is 2.74. The minimum Gasteiger partial charge on any atom is -0.480 e. The van der Waals surface area contributed by atoms with Crippen molar-refractivity contribution in [1.82, 2.24) is 9.88 Å². The number of benzene rings is 1. The van der Waals surface area contributed by atoms with Crippen LogP contribution in [0.4, 0.5) is 0 Å². The van der Waals surface area contributed by atoms with Crippen molar-refractivity contribution in [3.8, 4) is 0 Å². The second kappa shape index (κ2) is 5.76. The smallest absolute Gasteiger partial charge is 0.325 e. The molecule has 1 saturated heterocycles.